The largest absolute Gasteiger partial charge is 0.490 e. The molecule has 1 aromatic carbocycles. The third-order valence-corrected chi connectivity index (χ3v) is 1.98. The number of carboxylic acid groups (broad SMARTS) is 1. The topological polar surface area (TPSA) is 89.7 Å². The molecule has 16 heavy (non-hydrogen) atoms. The van der Waals surface area contributed by atoms with E-state index in [-0.39, 0.29) is 22.6 Å². The first-order chi connectivity index (χ1) is 7.47. The Morgan fingerprint density at radius 1 is 1.56 bits per heavy atom. The zero-order valence-electron chi connectivity index (χ0n) is 8.47. The lowest BCUT2D eigenvalue weighted by Crippen LogP contribution is -2.00. The Morgan fingerprint density at radius 2 is 2.19 bits per heavy atom. The molecule has 0 saturated carbocycles. The number of rotatable bonds is 4. The molecule has 0 radical (unpaired) electrons. The summed E-state index contributed by atoms with van der Waals surface area (Å²) in [6, 6.07) is 3.86. The summed E-state index contributed by atoms with van der Waals surface area (Å²) >= 11 is 0. The molecule has 0 atom stereocenters. The Bertz CT molecular complexity index is 466. The second-order valence-corrected chi connectivity index (χ2v) is 2.93. The first-order valence-corrected chi connectivity index (χ1v) is 4.22. The molecule has 1 aromatic rings. The van der Waals surface area contributed by atoms with Crippen LogP contribution in [0.1, 0.15) is 5.56 Å². The number of carboxylic acids is 1. The summed E-state index contributed by atoms with van der Waals surface area (Å²) in [5, 5.41) is 19.4. The first-order valence-electron chi connectivity index (χ1n) is 4.22. The van der Waals surface area contributed by atoms with Gasteiger partial charge in [-0.2, -0.15) is 0 Å². The van der Waals surface area contributed by atoms with E-state index in [4.69, 9.17) is 9.84 Å². The van der Waals surface area contributed by atoms with Crippen molar-refractivity contribution in [3.05, 3.63) is 40.5 Å². The van der Waals surface area contributed by atoms with Crippen LogP contribution in [0.15, 0.2) is 24.8 Å². The second-order valence-electron chi connectivity index (χ2n) is 2.93. The van der Waals surface area contributed by atoms with Crippen LogP contribution in [0, 0.1) is 10.1 Å². The van der Waals surface area contributed by atoms with Gasteiger partial charge in [0.1, 0.15) is 0 Å². The molecule has 0 bridgehead atoms. The van der Waals surface area contributed by atoms with Crippen molar-refractivity contribution in [1.82, 2.24) is 0 Å². The van der Waals surface area contributed by atoms with Crippen molar-refractivity contribution < 1.29 is 19.6 Å². The maximum atomic E-state index is 10.7. The molecular weight excluding hydrogens is 214 g/mol. The fourth-order valence-electron chi connectivity index (χ4n) is 1.14. The molecule has 0 aliphatic heterocycles. The normalized spacial score (nSPS) is 9.56. The maximum absolute atomic E-state index is 10.7. The van der Waals surface area contributed by atoms with Gasteiger partial charge in [0, 0.05) is 6.07 Å². The molecule has 1 N–H and O–H groups in total. The lowest BCUT2D eigenvalue weighted by molar-refractivity contribution is -0.385. The van der Waals surface area contributed by atoms with Crippen LogP contribution in [0.5, 0.6) is 5.75 Å². The second kappa shape index (κ2) is 4.43. The van der Waals surface area contributed by atoms with Gasteiger partial charge < -0.3 is 9.84 Å². The number of nitrogens with zero attached hydrogens (tertiary/aromatic N) is 1. The van der Waals surface area contributed by atoms with Gasteiger partial charge >= 0.3 is 11.7 Å². The molecule has 6 heteroatoms. The SMILES string of the molecule is C=C(C(=O)O)c1ccc(OC)c([N+](=O)[O-])c1. The van der Waals surface area contributed by atoms with Crippen LogP contribution in [0.4, 0.5) is 5.69 Å². The maximum Gasteiger partial charge on any atom is 0.335 e. The van der Waals surface area contributed by atoms with Gasteiger partial charge in [-0.1, -0.05) is 6.58 Å². The smallest absolute Gasteiger partial charge is 0.335 e. The van der Waals surface area contributed by atoms with E-state index in [1.807, 2.05) is 0 Å². The van der Waals surface area contributed by atoms with Crippen molar-refractivity contribution in [2.24, 2.45) is 0 Å². The standard InChI is InChI=1S/C10H9NO5/c1-6(10(12)13)7-3-4-9(16-2)8(5-7)11(14)15/h3-5H,1H2,2H3,(H,12,13). The van der Waals surface area contributed by atoms with Gasteiger partial charge in [0.05, 0.1) is 17.6 Å². The molecule has 0 saturated heterocycles. The zero-order chi connectivity index (χ0) is 12.3. The summed E-state index contributed by atoms with van der Waals surface area (Å²) in [5.74, 6) is -1.15. The predicted octanol–water partition coefficient (Wildman–Crippen LogP) is 1.70. The predicted molar refractivity (Wildman–Crippen MR) is 56.3 cm³/mol. The van der Waals surface area contributed by atoms with Crippen molar-refractivity contribution >= 4 is 17.2 Å². The van der Waals surface area contributed by atoms with E-state index >= 15 is 0 Å². The number of methoxy groups -OCH3 is 1. The lowest BCUT2D eigenvalue weighted by atomic mass is 10.1. The Morgan fingerprint density at radius 3 is 2.62 bits per heavy atom. The third-order valence-electron chi connectivity index (χ3n) is 1.98. The van der Waals surface area contributed by atoms with Crippen molar-refractivity contribution in [3.63, 3.8) is 0 Å². The Balaban J connectivity index is 3.27. The molecule has 0 spiro atoms. The number of benzene rings is 1. The van der Waals surface area contributed by atoms with Crippen LogP contribution >= 0.6 is 0 Å². The van der Waals surface area contributed by atoms with Gasteiger partial charge in [-0.05, 0) is 17.7 Å². The van der Waals surface area contributed by atoms with Gasteiger partial charge in [0.25, 0.3) is 0 Å². The zero-order valence-corrected chi connectivity index (χ0v) is 8.47. The number of carbonyl (C=O) groups is 1. The molecule has 1 rings (SSSR count). The van der Waals surface area contributed by atoms with E-state index < -0.39 is 10.9 Å². The number of nitro benzene ring substituents is 1. The van der Waals surface area contributed by atoms with E-state index in [1.165, 1.54) is 19.2 Å². The minimum absolute atomic E-state index is 0.0759. The van der Waals surface area contributed by atoms with Crippen LogP contribution in [0.2, 0.25) is 0 Å². The summed E-state index contributed by atoms with van der Waals surface area (Å²) in [5.41, 5.74) is -0.312. The van der Waals surface area contributed by atoms with Crippen LogP contribution in [0.25, 0.3) is 5.57 Å². The molecule has 0 heterocycles. The minimum atomic E-state index is -1.22. The molecule has 0 fully saturated rings. The molecule has 0 aliphatic rings. The van der Waals surface area contributed by atoms with Crippen LogP contribution < -0.4 is 4.74 Å². The van der Waals surface area contributed by atoms with Gasteiger partial charge in [0.2, 0.25) is 0 Å². The third kappa shape index (κ3) is 2.17. The highest BCUT2D eigenvalue weighted by Gasteiger charge is 2.17. The number of ether oxygens (including phenoxy) is 1. The summed E-state index contributed by atoms with van der Waals surface area (Å²) in [6.07, 6.45) is 0. The monoisotopic (exact) mass is 223 g/mol. The fourth-order valence-corrected chi connectivity index (χ4v) is 1.14. The molecular formula is C10H9NO5. The highest BCUT2D eigenvalue weighted by molar-refractivity contribution is 6.14. The molecule has 0 aromatic heterocycles. The van der Waals surface area contributed by atoms with Gasteiger partial charge in [-0.15, -0.1) is 0 Å². The Kier molecular flexibility index (Phi) is 3.24. The summed E-state index contributed by atoms with van der Waals surface area (Å²) in [4.78, 5) is 20.7. The van der Waals surface area contributed by atoms with Gasteiger partial charge in [-0.3, -0.25) is 10.1 Å². The highest BCUT2D eigenvalue weighted by Crippen LogP contribution is 2.29. The number of hydrogen-bond acceptors (Lipinski definition) is 4. The van der Waals surface area contributed by atoms with Gasteiger partial charge in [0.15, 0.2) is 5.75 Å². The molecule has 6 nitrogen and oxygen atoms in total. The quantitative estimate of drug-likeness (QED) is 0.476. The van der Waals surface area contributed by atoms with Crippen molar-refractivity contribution in [2.75, 3.05) is 7.11 Å². The fraction of sp³-hybridized carbons (Fsp3) is 0.100. The van der Waals surface area contributed by atoms with Crippen LogP contribution in [-0.2, 0) is 4.79 Å². The highest BCUT2D eigenvalue weighted by atomic mass is 16.6. The van der Waals surface area contributed by atoms with Crippen molar-refractivity contribution in [2.45, 2.75) is 0 Å². The van der Waals surface area contributed by atoms with E-state index in [2.05, 4.69) is 6.58 Å². The molecule has 84 valence electrons. The van der Waals surface area contributed by atoms with Crippen molar-refractivity contribution in [1.29, 1.82) is 0 Å². The van der Waals surface area contributed by atoms with Crippen molar-refractivity contribution in [3.8, 4) is 5.75 Å². The summed E-state index contributed by atoms with van der Waals surface area (Å²) in [6.45, 7) is 3.32. The van der Waals surface area contributed by atoms with Crippen LogP contribution in [0.3, 0.4) is 0 Å². The summed E-state index contributed by atoms with van der Waals surface area (Å²) in [7, 11) is 1.30. The van der Waals surface area contributed by atoms with E-state index in [0.29, 0.717) is 0 Å². The minimum Gasteiger partial charge on any atom is -0.490 e. The van der Waals surface area contributed by atoms with Gasteiger partial charge in [-0.25, -0.2) is 4.79 Å². The average Bonchev–Trinajstić information content (AvgIpc) is 2.26. The number of nitro groups is 1. The van der Waals surface area contributed by atoms with E-state index in [1.54, 1.807) is 0 Å². The number of hydrogen-bond donors (Lipinski definition) is 1. The average molecular weight is 223 g/mol. The molecule has 0 unspecified atom stereocenters. The van der Waals surface area contributed by atoms with E-state index in [9.17, 15) is 14.9 Å². The van der Waals surface area contributed by atoms with E-state index in [0.717, 1.165) is 6.07 Å². The summed E-state index contributed by atoms with van der Waals surface area (Å²) < 4.78 is 4.78. The lowest BCUT2D eigenvalue weighted by Gasteiger charge is -2.04. The molecule has 0 amide bonds. The molecule has 0 aliphatic carbocycles. The Hall–Kier alpha value is -2.37. The Labute approximate surface area is 90.9 Å². The number of aliphatic carboxylic acids is 1. The first kappa shape index (κ1) is 11.7. The van der Waals surface area contributed by atoms with Crippen LogP contribution in [-0.4, -0.2) is 23.1 Å².